The molecule has 3 aromatic rings. The van der Waals surface area contributed by atoms with Crippen molar-refractivity contribution in [3.05, 3.63) is 58.4 Å². The minimum atomic E-state index is -0.122. The highest BCUT2D eigenvalue weighted by Crippen LogP contribution is 2.31. The number of carbonyl (C=O) groups excluding carboxylic acids is 1. The van der Waals surface area contributed by atoms with Gasteiger partial charge in [0.05, 0.1) is 19.0 Å². The number of hydrogen-bond acceptors (Lipinski definition) is 6. The van der Waals surface area contributed by atoms with E-state index >= 15 is 0 Å². The molecule has 0 spiro atoms. The molecule has 1 amide bonds. The van der Waals surface area contributed by atoms with Crippen LogP contribution < -0.4 is 14.8 Å². The van der Waals surface area contributed by atoms with Gasteiger partial charge in [-0.05, 0) is 42.3 Å². The van der Waals surface area contributed by atoms with Crippen LogP contribution in [0, 0.1) is 6.92 Å². The molecule has 0 saturated heterocycles. The Kier molecular flexibility index (Phi) is 6.67. The van der Waals surface area contributed by atoms with Crippen molar-refractivity contribution >= 4 is 35.0 Å². The number of rotatable bonds is 6. The van der Waals surface area contributed by atoms with Crippen LogP contribution in [-0.2, 0) is 18.3 Å². The van der Waals surface area contributed by atoms with Crippen molar-refractivity contribution in [3.63, 3.8) is 0 Å². The van der Waals surface area contributed by atoms with Crippen LogP contribution in [0.3, 0.4) is 0 Å². The van der Waals surface area contributed by atoms with Gasteiger partial charge in [0.15, 0.2) is 16.7 Å². The van der Waals surface area contributed by atoms with Crippen LogP contribution in [0.25, 0.3) is 0 Å². The van der Waals surface area contributed by atoms with E-state index in [4.69, 9.17) is 21.1 Å². The normalized spacial score (nSPS) is 13.0. The number of thioether (sulfide) groups is 1. The SMILES string of the molecule is Cc1ccc(Cl)cc1NC(=O)CSc1nnc(Cc2ccc3c(c2)OCCCO3)n1C. The lowest BCUT2D eigenvalue weighted by Crippen LogP contribution is -2.15. The van der Waals surface area contributed by atoms with Crippen LogP contribution in [0.15, 0.2) is 41.6 Å². The van der Waals surface area contributed by atoms with E-state index in [0.29, 0.717) is 35.5 Å². The van der Waals surface area contributed by atoms with Crippen LogP contribution in [-0.4, -0.2) is 39.6 Å². The van der Waals surface area contributed by atoms with Gasteiger partial charge in [0.25, 0.3) is 0 Å². The van der Waals surface area contributed by atoms with E-state index in [1.807, 2.05) is 42.8 Å². The maximum absolute atomic E-state index is 12.4. The fraction of sp³-hybridized carbons (Fsp3) is 0.318. The van der Waals surface area contributed by atoms with Gasteiger partial charge < -0.3 is 19.4 Å². The number of anilines is 1. The van der Waals surface area contributed by atoms with Crippen molar-refractivity contribution < 1.29 is 14.3 Å². The van der Waals surface area contributed by atoms with Gasteiger partial charge in [-0.1, -0.05) is 35.5 Å². The average molecular weight is 459 g/mol. The monoisotopic (exact) mass is 458 g/mol. The zero-order chi connectivity index (χ0) is 21.8. The van der Waals surface area contributed by atoms with Crippen LogP contribution in [0.2, 0.25) is 5.02 Å². The first-order chi connectivity index (χ1) is 15.0. The molecule has 162 valence electrons. The highest BCUT2D eigenvalue weighted by molar-refractivity contribution is 7.99. The van der Waals surface area contributed by atoms with Crippen LogP contribution in [0.4, 0.5) is 5.69 Å². The standard InChI is InChI=1S/C22H23ClN4O3S/c1-14-4-6-16(23)12-17(14)24-21(28)13-31-22-26-25-20(27(22)2)11-15-5-7-18-19(10-15)30-9-3-8-29-18/h4-7,10,12H,3,8-9,11,13H2,1-2H3,(H,24,28). The molecule has 1 aromatic heterocycles. The summed E-state index contributed by atoms with van der Waals surface area (Å²) in [6, 6.07) is 11.4. The Labute approximate surface area is 190 Å². The molecule has 2 aromatic carbocycles. The number of fused-ring (bicyclic) bond motifs is 1. The van der Waals surface area contributed by atoms with Gasteiger partial charge in [-0.15, -0.1) is 10.2 Å². The summed E-state index contributed by atoms with van der Waals surface area (Å²) >= 11 is 7.36. The van der Waals surface area contributed by atoms with E-state index in [1.54, 1.807) is 12.1 Å². The molecular formula is C22H23ClN4O3S. The highest BCUT2D eigenvalue weighted by Gasteiger charge is 2.15. The van der Waals surface area contributed by atoms with E-state index in [9.17, 15) is 4.79 Å². The van der Waals surface area contributed by atoms with Crippen molar-refractivity contribution in [2.75, 3.05) is 24.3 Å². The van der Waals surface area contributed by atoms with Gasteiger partial charge in [0.2, 0.25) is 5.91 Å². The highest BCUT2D eigenvalue weighted by atomic mass is 35.5. The zero-order valence-electron chi connectivity index (χ0n) is 17.4. The molecule has 0 radical (unpaired) electrons. The van der Waals surface area contributed by atoms with Crippen molar-refractivity contribution in [3.8, 4) is 11.5 Å². The minimum Gasteiger partial charge on any atom is -0.490 e. The molecule has 1 N–H and O–H groups in total. The Balaban J connectivity index is 1.37. The molecule has 31 heavy (non-hydrogen) atoms. The smallest absolute Gasteiger partial charge is 0.234 e. The molecule has 9 heteroatoms. The second kappa shape index (κ2) is 9.62. The summed E-state index contributed by atoms with van der Waals surface area (Å²) in [7, 11) is 1.90. The first-order valence-electron chi connectivity index (χ1n) is 9.95. The zero-order valence-corrected chi connectivity index (χ0v) is 18.9. The predicted molar refractivity (Wildman–Crippen MR) is 121 cm³/mol. The van der Waals surface area contributed by atoms with Crippen LogP contribution >= 0.6 is 23.4 Å². The third-order valence-electron chi connectivity index (χ3n) is 4.91. The van der Waals surface area contributed by atoms with Gasteiger partial charge in [-0.3, -0.25) is 4.79 Å². The molecule has 1 aliphatic heterocycles. The van der Waals surface area contributed by atoms with E-state index in [-0.39, 0.29) is 11.7 Å². The summed E-state index contributed by atoms with van der Waals surface area (Å²) in [6.45, 7) is 3.24. The number of carbonyl (C=O) groups is 1. The second-order valence-corrected chi connectivity index (χ2v) is 8.64. The number of amides is 1. The summed E-state index contributed by atoms with van der Waals surface area (Å²) in [5.41, 5.74) is 2.73. The fourth-order valence-electron chi connectivity index (χ4n) is 3.17. The molecule has 7 nitrogen and oxygen atoms in total. The molecule has 0 fully saturated rings. The minimum absolute atomic E-state index is 0.122. The molecule has 0 saturated carbocycles. The third kappa shape index (κ3) is 5.32. The number of nitrogens with one attached hydrogen (secondary N) is 1. The van der Waals surface area contributed by atoms with E-state index in [1.165, 1.54) is 11.8 Å². The lowest BCUT2D eigenvalue weighted by molar-refractivity contribution is -0.113. The molecule has 4 rings (SSSR count). The molecule has 0 aliphatic carbocycles. The molecular weight excluding hydrogens is 436 g/mol. The van der Waals surface area contributed by atoms with Crippen molar-refractivity contribution in [1.29, 1.82) is 0 Å². The molecule has 0 atom stereocenters. The maximum atomic E-state index is 12.4. The largest absolute Gasteiger partial charge is 0.490 e. The Morgan fingerprint density at radius 2 is 1.97 bits per heavy atom. The van der Waals surface area contributed by atoms with Gasteiger partial charge in [-0.25, -0.2) is 0 Å². The topological polar surface area (TPSA) is 78.3 Å². The lowest BCUT2D eigenvalue weighted by Gasteiger charge is -2.10. The summed E-state index contributed by atoms with van der Waals surface area (Å²) < 4.78 is 13.4. The second-order valence-electron chi connectivity index (χ2n) is 7.26. The van der Waals surface area contributed by atoms with E-state index in [0.717, 1.165) is 34.9 Å². The number of halogens is 1. The average Bonchev–Trinajstić information content (AvgIpc) is 2.95. The Hall–Kier alpha value is -2.71. The number of aromatic nitrogens is 3. The summed E-state index contributed by atoms with van der Waals surface area (Å²) in [4.78, 5) is 12.4. The molecule has 0 unspecified atom stereocenters. The number of aryl methyl sites for hydroxylation is 1. The Morgan fingerprint density at radius 3 is 2.81 bits per heavy atom. The number of benzene rings is 2. The van der Waals surface area contributed by atoms with E-state index < -0.39 is 0 Å². The van der Waals surface area contributed by atoms with Crippen molar-refractivity contribution in [2.24, 2.45) is 7.05 Å². The lowest BCUT2D eigenvalue weighted by atomic mass is 10.1. The van der Waals surface area contributed by atoms with Crippen LogP contribution in [0.5, 0.6) is 11.5 Å². The summed E-state index contributed by atoms with van der Waals surface area (Å²) in [6.07, 6.45) is 1.48. The Morgan fingerprint density at radius 1 is 1.16 bits per heavy atom. The summed E-state index contributed by atoms with van der Waals surface area (Å²) in [5, 5.41) is 12.7. The third-order valence-corrected chi connectivity index (χ3v) is 6.16. The van der Waals surface area contributed by atoms with Gasteiger partial charge in [-0.2, -0.15) is 0 Å². The maximum Gasteiger partial charge on any atom is 0.234 e. The predicted octanol–water partition coefficient (Wildman–Crippen LogP) is 4.26. The van der Waals surface area contributed by atoms with E-state index in [2.05, 4.69) is 15.5 Å². The van der Waals surface area contributed by atoms with Gasteiger partial charge in [0.1, 0.15) is 5.82 Å². The van der Waals surface area contributed by atoms with Crippen molar-refractivity contribution in [2.45, 2.75) is 24.9 Å². The fourth-order valence-corrected chi connectivity index (χ4v) is 4.07. The van der Waals surface area contributed by atoms with Crippen molar-refractivity contribution in [1.82, 2.24) is 14.8 Å². The quantitative estimate of drug-likeness (QED) is 0.556. The molecule has 2 heterocycles. The first kappa shape index (κ1) is 21.5. The summed E-state index contributed by atoms with van der Waals surface area (Å²) in [5.74, 6) is 2.45. The molecule has 0 bridgehead atoms. The van der Waals surface area contributed by atoms with Crippen LogP contribution in [0.1, 0.15) is 23.4 Å². The number of hydrogen-bond donors (Lipinski definition) is 1. The first-order valence-corrected chi connectivity index (χ1v) is 11.3. The molecule has 1 aliphatic rings. The number of nitrogens with zero attached hydrogens (tertiary/aromatic N) is 3. The number of ether oxygens (including phenoxy) is 2. The Bertz CT molecular complexity index is 1100. The van der Waals surface area contributed by atoms with Gasteiger partial charge in [0, 0.05) is 30.6 Å². The van der Waals surface area contributed by atoms with Gasteiger partial charge >= 0.3 is 0 Å².